The van der Waals surface area contributed by atoms with Gasteiger partial charge in [-0.3, -0.25) is 4.90 Å². The minimum Gasteiger partial charge on any atom is -0.463 e. The highest BCUT2D eigenvalue weighted by atomic mass is 16.5. The van der Waals surface area contributed by atoms with Gasteiger partial charge in [0.15, 0.2) is 0 Å². The topological polar surface area (TPSA) is 55.6 Å². The molecule has 1 aliphatic heterocycles. The molecule has 21 heavy (non-hydrogen) atoms. The average Bonchev–Trinajstić information content (AvgIpc) is 2.95. The number of carbonyl (C=O) groups excluding carboxylic acids is 1. The van der Waals surface area contributed by atoms with Gasteiger partial charge in [0.2, 0.25) is 0 Å². The Morgan fingerprint density at radius 2 is 2.19 bits per heavy atom. The summed E-state index contributed by atoms with van der Waals surface area (Å²) in [5.41, 5.74) is 8.01. The molecule has 0 unspecified atom stereocenters. The molecule has 0 radical (unpaired) electrons. The molecule has 0 saturated carbocycles. The average molecular weight is 288 g/mol. The van der Waals surface area contributed by atoms with Crippen LogP contribution < -0.4 is 5.73 Å². The van der Waals surface area contributed by atoms with E-state index in [9.17, 15) is 4.79 Å². The van der Waals surface area contributed by atoms with Gasteiger partial charge < -0.3 is 10.5 Å². The van der Waals surface area contributed by atoms with Gasteiger partial charge in [0.1, 0.15) is 0 Å². The minimum absolute atomic E-state index is 0.300. The molecule has 0 spiro atoms. The number of likely N-dealkylation sites (tertiary alicyclic amines) is 1. The molecule has 4 heteroatoms. The van der Waals surface area contributed by atoms with Crippen molar-refractivity contribution in [3.63, 3.8) is 0 Å². The van der Waals surface area contributed by atoms with E-state index in [0.29, 0.717) is 19.2 Å². The van der Waals surface area contributed by atoms with Crippen LogP contribution in [0.4, 0.5) is 0 Å². The number of nitrogens with two attached hydrogens (primary N) is 1. The fourth-order valence-electron chi connectivity index (χ4n) is 2.82. The van der Waals surface area contributed by atoms with Crippen LogP contribution in [0.15, 0.2) is 30.3 Å². The highest BCUT2D eigenvalue weighted by Crippen LogP contribution is 2.31. The zero-order chi connectivity index (χ0) is 15.1. The smallest absolute Gasteiger partial charge is 0.330 e. The standard InChI is InChI=1S/C17H24N2O2/c1-2-21-17(20)10-7-14-5-8-15(9-6-14)16-4-3-12-19(16)13-11-18/h5-10,16H,2-4,11-13,18H2,1H3/b10-7+/t16-/m1/s1. The van der Waals surface area contributed by atoms with Crippen LogP contribution in [-0.4, -0.2) is 37.1 Å². The maximum atomic E-state index is 11.3. The highest BCUT2D eigenvalue weighted by molar-refractivity contribution is 5.87. The normalized spacial score (nSPS) is 19.2. The molecule has 0 aliphatic carbocycles. The number of benzene rings is 1. The van der Waals surface area contributed by atoms with E-state index in [-0.39, 0.29) is 5.97 Å². The first kappa shape index (κ1) is 15.7. The Labute approximate surface area is 126 Å². The molecule has 1 fully saturated rings. The first-order valence-corrected chi connectivity index (χ1v) is 7.63. The molecule has 1 atom stereocenters. The van der Waals surface area contributed by atoms with Crippen molar-refractivity contribution in [2.45, 2.75) is 25.8 Å². The second kappa shape index (κ2) is 7.96. The second-order valence-corrected chi connectivity index (χ2v) is 5.23. The van der Waals surface area contributed by atoms with Crippen LogP contribution in [0.25, 0.3) is 6.08 Å². The van der Waals surface area contributed by atoms with E-state index >= 15 is 0 Å². The van der Waals surface area contributed by atoms with Crippen LogP contribution in [0.2, 0.25) is 0 Å². The Morgan fingerprint density at radius 3 is 2.86 bits per heavy atom. The Bertz CT molecular complexity index is 482. The third-order valence-electron chi connectivity index (χ3n) is 3.80. The van der Waals surface area contributed by atoms with Gasteiger partial charge in [-0.1, -0.05) is 24.3 Å². The summed E-state index contributed by atoms with van der Waals surface area (Å²) in [4.78, 5) is 13.7. The van der Waals surface area contributed by atoms with Gasteiger partial charge in [0, 0.05) is 25.2 Å². The van der Waals surface area contributed by atoms with Crippen molar-refractivity contribution in [3.05, 3.63) is 41.5 Å². The van der Waals surface area contributed by atoms with Crippen LogP contribution in [0.5, 0.6) is 0 Å². The number of carbonyl (C=O) groups is 1. The Hall–Kier alpha value is -1.65. The van der Waals surface area contributed by atoms with E-state index in [1.165, 1.54) is 24.5 Å². The number of hydrogen-bond acceptors (Lipinski definition) is 4. The minimum atomic E-state index is -0.300. The molecule has 1 aliphatic rings. The van der Waals surface area contributed by atoms with Gasteiger partial charge in [-0.25, -0.2) is 4.79 Å². The molecule has 0 amide bonds. The predicted octanol–water partition coefficient (Wildman–Crippen LogP) is 2.36. The van der Waals surface area contributed by atoms with Gasteiger partial charge >= 0.3 is 5.97 Å². The first-order valence-electron chi connectivity index (χ1n) is 7.63. The molecule has 1 heterocycles. The monoisotopic (exact) mass is 288 g/mol. The van der Waals surface area contributed by atoms with Crippen LogP contribution >= 0.6 is 0 Å². The van der Waals surface area contributed by atoms with Crippen molar-refractivity contribution >= 4 is 12.0 Å². The number of esters is 1. The zero-order valence-corrected chi connectivity index (χ0v) is 12.6. The van der Waals surface area contributed by atoms with Crippen molar-refractivity contribution in [1.29, 1.82) is 0 Å². The molecular formula is C17H24N2O2. The molecule has 1 aromatic carbocycles. The number of hydrogen-bond donors (Lipinski definition) is 1. The van der Waals surface area contributed by atoms with Crippen LogP contribution in [0.3, 0.4) is 0 Å². The summed E-state index contributed by atoms with van der Waals surface area (Å²) < 4.78 is 4.87. The molecule has 0 bridgehead atoms. The molecule has 2 N–H and O–H groups in total. The van der Waals surface area contributed by atoms with Gasteiger partial charge in [-0.05, 0) is 43.5 Å². The maximum Gasteiger partial charge on any atom is 0.330 e. The molecule has 1 aromatic rings. The second-order valence-electron chi connectivity index (χ2n) is 5.23. The van der Waals surface area contributed by atoms with E-state index in [2.05, 4.69) is 17.0 Å². The molecule has 1 saturated heterocycles. The predicted molar refractivity (Wildman–Crippen MR) is 84.7 cm³/mol. The molecule has 0 aromatic heterocycles. The van der Waals surface area contributed by atoms with Gasteiger partial charge in [-0.15, -0.1) is 0 Å². The summed E-state index contributed by atoms with van der Waals surface area (Å²) in [5.74, 6) is -0.300. The summed E-state index contributed by atoms with van der Waals surface area (Å²) in [6.07, 6.45) is 5.68. The zero-order valence-electron chi connectivity index (χ0n) is 12.6. The fourth-order valence-corrected chi connectivity index (χ4v) is 2.82. The SMILES string of the molecule is CCOC(=O)/C=C/c1ccc([C@H]2CCCN2CCN)cc1. The number of rotatable bonds is 6. The van der Waals surface area contributed by atoms with Crippen molar-refractivity contribution in [2.75, 3.05) is 26.2 Å². The lowest BCUT2D eigenvalue weighted by molar-refractivity contribution is -0.137. The summed E-state index contributed by atoms with van der Waals surface area (Å²) in [6, 6.07) is 8.86. The highest BCUT2D eigenvalue weighted by Gasteiger charge is 2.24. The lowest BCUT2D eigenvalue weighted by Crippen LogP contribution is -2.29. The number of nitrogens with zero attached hydrogens (tertiary/aromatic N) is 1. The lowest BCUT2D eigenvalue weighted by atomic mass is 10.0. The molecule has 2 rings (SSSR count). The fraction of sp³-hybridized carbons (Fsp3) is 0.471. The summed E-state index contributed by atoms with van der Waals surface area (Å²) >= 11 is 0. The van der Waals surface area contributed by atoms with Gasteiger partial charge in [0.05, 0.1) is 6.61 Å². The van der Waals surface area contributed by atoms with Crippen molar-refractivity contribution in [1.82, 2.24) is 4.90 Å². The van der Waals surface area contributed by atoms with E-state index < -0.39 is 0 Å². The summed E-state index contributed by atoms with van der Waals surface area (Å²) in [6.45, 7) is 4.99. The van der Waals surface area contributed by atoms with Crippen molar-refractivity contribution in [2.24, 2.45) is 5.73 Å². The first-order chi connectivity index (χ1) is 10.2. The lowest BCUT2D eigenvalue weighted by Gasteiger charge is -2.24. The van der Waals surface area contributed by atoms with E-state index in [4.69, 9.17) is 10.5 Å². The van der Waals surface area contributed by atoms with Crippen LogP contribution in [-0.2, 0) is 9.53 Å². The van der Waals surface area contributed by atoms with Crippen molar-refractivity contribution in [3.8, 4) is 0 Å². The number of ether oxygens (including phenoxy) is 1. The van der Waals surface area contributed by atoms with Crippen molar-refractivity contribution < 1.29 is 9.53 Å². The molecule has 4 nitrogen and oxygen atoms in total. The third-order valence-corrected chi connectivity index (χ3v) is 3.80. The largest absolute Gasteiger partial charge is 0.463 e. The Morgan fingerprint density at radius 1 is 1.43 bits per heavy atom. The van der Waals surface area contributed by atoms with Crippen LogP contribution in [0.1, 0.15) is 36.9 Å². The van der Waals surface area contributed by atoms with E-state index in [0.717, 1.165) is 18.7 Å². The van der Waals surface area contributed by atoms with E-state index in [1.54, 1.807) is 13.0 Å². The third kappa shape index (κ3) is 4.41. The Kier molecular flexibility index (Phi) is 5.96. The van der Waals surface area contributed by atoms with Crippen LogP contribution in [0, 0.1) is 0 Å². The maximum absolute atomic E-state index is 11.3. The molecule has 114 valence electrons. The molecular weight excluding hydrogens is 264 g/mol. The summed E-state index contributed by atoms with van der Waals surface area (Å²) in [5, 5.41) is 0. The van der Waals surface area contributed by atoms with Gasteiger partial charge in [-0.2, -0.15) is 0 Å². The summed E-state index contributed by atoms with van der Waals surface area (Å²) in [7, 11) is 0. The Balaban J connectivity index is 2.00. The van der Waals surface area contributed by atoms with Gasteiger partial charge in [0.25, 0.3) is 0 Å². The van der Waals surface area contributed by atoms with E-state index in [1.807, 2.05) is 12.1 Å². The quantitative estimate of drug-likeness (QED) is 0.645.